The normalized spacial score (nSPS) is 19.2. The molecule has 0 bridgehead atoms. The molecule has 0 N–H and O–H groups in total. The Hall–Kier alpha value is -1.91. The molecule has 0 atom stereocenters. The monoisotopic (exact) mass is 377 g/mol. The number of hydrogen-bond acceptors (Lipinski definition) is 4. The molecule has 3 heterocycles. The Morgan fingerprint density at radius 2 is 1.81 bits per heavy atom. The average molecular weight is 378 g/mol. The zero-order chi connectivity index (χ0) is 18.1. The zero-order valence-corrected chi connectivity index (χ0v) is 16.6. The summed E-state index contributed by atoms with van der Waals surface area (Å²) in [5.74, 6) is 0. The molecular formula is C23H27N3S. The second kappa shape index (κ2) is 7.61. The van der Waals surface area contributed by atoms with Gasteiger partial charge in [-0.25, -0.2) is 0 Å². The molecule has 2 aromatic rings. The van der Waals surface area contributed by atoms with E-state index in [0.29, 0.717) is 0 Å². The van der Waals surface area contributed by atoms with Crippen molar-refractivity contribution in [2.75, 3.05) is 41.3 Å². The first kappa shape index (κ1) is 17.2. The summed E-state index contributed by atoms with van der Waals surface area (Å²) in [5.41, 5.74) is 7.36. The molecule has 5 rings (SSSR count). The lowest BCUT2D eigenvalue weighted by atomic mass is 9.99. The van der Waals surface area contributed by atoms with Gasteiger partial charge in [0.2, 0.25) is 0 Å². The van der Waals surface area contributed by atoms with Crippen LogP contribution in [0.2, 0.25) is 0 Å². The van der Waals surface area contributed by atoms with Crippen molar-refractivity contribution in [3.05, 3.63) is 65.7 Å². The minimum Gasteiger partial charge on any atom is -0.299 e. The molecule has 0 saturated carbocycles. The first-order chi connectivity index (χ1) is 13.4. The van der Waals surface area contributed by atoms with Crippen molar-refractivity contribution >= 4 is 29.1 Å². The SMILES string of the molecule is C1=C(c2ccccc2)CCN(CCCN2SN3CCCc4cccc2c43)C1. The number of hydrogen-bond donors (Lipinski definition) is 0. The minimum atomic E-state index is 1.09. The van der Waals surface area contributed by atoms with Crippen LogP contribution in [0.25, 0.3) is 5.57 Å². The summed E-state index contributed by atoms with van der Waals surface area (Å²) >= 11 is 1.93. The van der Waals surface area contributed by atoms with Gasteiger partial charge in [-0.3, -0.25) is 13.5 Å². The quantitative estimate of drug-likeness (QED) is 0.678. The van der Waals surface area contributed by atoms with Gasteiger partial charge in [0.15, 0.2) is 0 Å². The van der Waals surface area contributed by atoms with Gasteiger partial charge in [0.05, 0.1) is 23.5 Å². The van der Waals surface area contributed by atoms with Gasteiger partial charge in [-0.2, -0.15) is 0 Å². The van der Waals surface area contributed by atoms with E-state index in [0.717, 1.165) is 13.1 Å². The van der Waals surface area contributed by atoms with Crippen LogP contribution in [0.4, 0.5) is 11.4 Å². The summed E-state index contributed by atoms with van der Waals surface area (Å²) in [5, 5.41) is 0. The maximum Gasteiger partial charge on any atom is 0.0761 e. The molecule has 3 aliphatic heterocycles. The molecule has 0 aliphatic carbocycles. The Kier molecular flexibility index (Phi) is 4.85. The van der Waals surface area contributed by atoms with E-state index in [4.69, 9.17) is 0 Å². The highest BCUT2D eigenvalue weighted by Gasteiger charge is 2.31. The van der Waals surface area contributed by atoms with Gasteiger partial charge < -0.3 is 0 Å². The predicted octanol–water partition coefficient (Wildman–Crippen LogP) is 5.00. The van der Waals surface area contributed by atoms with E-state index < -0.39 is 0 Å². The van der Waals surface area contributed by atoms with E-state index in [-0.39, 0.29) is 0 Å². The number of para-hydroxylation sites is 1. The van der Waals surface area contributed by atoms with Gasteiger partial charge in [0.1, 0.15) is 0 Å². The topological polar surface area (TPSA) is 9.72 Å². The Bertz CT molecular complexity index is 833. The fourth-order valence-electron chi connectivity index (χ4n) is 4.47. The van der Waals surface area contributed by atoms with E-state index >= 15 is 0 Å². The van der Waals surface area contributed by atoms with Crippen molar-refractivity contribution in [2.24, 2.45) is 0 Å². The molecule has 0 spiro atoms. The van der Waals surface area contributed by atoms with Crippen LogP contribution in [0, 0.1) is 0 Å². The Morgan fingerprint density at radius 3 is 2.67 bits per heavy atom. The summed E-state index contributed by atoms with van der Waals surface area (Å²) in [6.45, 7) is 5.77. The second-order valence-corrected chi connectivity index (χ2v) is 8.72. The van der Waals surface area contributed by atoms with E-state index in [1.54, 1.807) is 0 Å². The molecule has 0 radical (unpaired) electrons. The van der Waals surface area contributed by atoms with Gasteiger partial charge in [0, 0.05) is 32.7 Å². The molecule has 0 saturated heterocycles. The number of nitrogens with zero attached hydrogens (tertiary/aromatic N) is 3. The molecule has 0 amide bonds. The lowest BCUT2D eigenvalue weighted by Crippen LogP contribution is -2.31. The van der Waals surface area contributed by atoms with Gasteiger partial charge in [-0.15, -0.1) is 0 Å². The van der Waals surface area contributed by atoms with Crippen LogP contribution in [-0.4, -0.2) is 37.6 Å². The van der Waals surface area contributed by atoms with Crippen molar-refractivity contribution < 1.29 is 0 Å². The molecule has 4 heteroatoms. The zero-order valence-electron chi connectivity index (χ0n) is 15.8. The number of aryl methyl sites for hydroxylation is 1. The smallest absolute Gasteiger partial charge is 0.0761 e. The second-order valence-electron chi connectivity index (χ2n) is 7.67. The van der Waals surface area contributed by atoms with Crippen LogP contribution in [-0.2, 0) is 6.42 Å². The Balaban J connectivity index is 1.16. The van der Waals surface area contributed by atoms with E-state index in [2.05, 4.69) is 68.1 Å². The summed E-state index contributed by atoms with van der Waals surface area (Å²) in [6.07, 6.45) is 7.33. The summed E-state index contributed by atoms with van der Waals surface area (Å²) in [4.78, 5) is 2.60. The summed E-state index contributed by atoms with van der Waals surface area (Å²) < 4.78 is 5.02. The molecular weight excluding hydrogens is 350 g/mol. The highest BCUT2D eigenvalue weighted by molar-refractivity contribution is 8.02. The molecule has 3 aliphatic rings. The largest absolute Gasteiger partial charge is 0.299 e. The molecule has 2 aromatic carbocycles. The molecule has 27 heavy (non-hydrogen) atoms. The average Bonchev–Trinajstić information content (AvgIpc) is 3.09. The Labute approximate surface area is 166 Å². The standard InChI is InChI=1S/C23H27N3S/c1-2-7-19(8-3-1)20-12-17-24(18-13-20)14-6-16-25-22-11-4-9-21-10-5-15-26(27-25)23(21)22/h1-4,7-9,11-12H,5-6,10,13-18H2. The highest BCUT2D eigenvalue weighted by Crippen LogP contribution is 2.48. The molecule has 0 aromatic heterocycles. The third-order valence-electron chi connectivity index (χ3n) is 5.89. The van der Waals surface area contributed by atoms with Crippen LogP contribution in [0.1, 0.15) is 30.4 Å². The number of benzene rings is 2. The fourth-order valence-corrected chi connectivity index (χ4v) is 5.65. The number of rotatable bonds is 5. The Morgan fingerprint density at radius 1 is 0.889 bits per heavy atom. The third-order valence-corrected chi connectivity index (χ3v) is 7.03. The van der Waals surface area contributed by atoms with E-state index in [1.165, 1.54) is 73.4 Å². The first-order valence-electron chi connectivity index (χ1n) is 10.2. The molecule has 0 fully saturated rings. The van der Waals surface area contributed by atoms with Crippen molar-refractivity contribution in [1.29, 1.82) is 0 Å². The van der Waals surface area contributed by atoms with Crippen LogP contribution >= 0.6 is 12.1 Å². The lowest BCUT2D eigenvalue weighted by Gasteiger charge is -2.27. The van der Waals surface area contributed by atoms with E-state index in [9.17, 15) is 0 Å². The maximum absolute atomic E-state index is 2.60. The number of anilines is 2. The summed E-state index contributed by atoms with van der Waals surface area (Å²) in [6, 6.07) is 17.7. The fraction of sp³-hybridized carbons (Fsp3) is 0.391. The van der Waals surface area contributed by atoms with Gasteiger partial charge in [-0.1, -0.05) is 48.5 Å². The molecule has 0 unspecified atom stereocenters. The maximum atomic E-state index is 2.60. The van der Waals surface area contributed by atoms with Crippen molar-refractivity contribution in [3.8, 4) is 0 Å². The predicted molar refractivity (Wildman–Crippen MR) is 117 cm³/mol. The van der Waals surface area contributed by atoms with Gasteiger partial charge >= 0.3 is 0 Å². The van der Waals surface area contributed by atoms with Crippen LogP contribution in [0.5, 0.6) is 0 Å². The van der Waals surface area contributed by atoms with Gasteiger partial charge in [0.25, 0.3) is 0 Å². The van der Waals surface area contributed by atoms with Crippen molar-refractivity contribution in [3.63, 3.8) is 0 Å². The molecule has 3 nitrogen and oxygen atoms in total. The van der Waals surface area contributed by atoms with Crippen molar-refractivity contribution in [2.45, 2.75) is 25.7 Å². The van der Waals surface area contributed by atoms with E-state index in [1.807, 2.05) is 12.1 Å². The van der Waals surface area contributed by atoms with Crippen LogP contribution < -0.4 is 8.61 Å². The molecule has 140 valence electrons. The third kappa shape index (κ3) is 3.48. The van der Waals surface area contributed by atoms with Crippen LogP contribution in [0.3, 0.4) is 0 Å². The van der Waals surface area contributed by atoms with Gasteiger partial charge in [-0.05, 0) is 48.4 Å². The summed E-state index contributed by atoms with van der Waals surface area (Å²) in [7, 11) is 0. The first-order valence-corrected chi connectivity index (χ1v) is 10.9. The lowest BCUT2D eigenvalue weighted by molar-refractivity contribution is 0.300. The highest BCUT2D eigenvalue weighted by atomic mass is 32.2. The van der Waals surface area contributed by atoms with Crippen LogP contribution in [0.15, 0.2) is 54.6 Å². The van der Waals surface area contributed by atoms with Crippen molar-refractivity contribution in [1.82, 2.24) is 4.90 Å². The minimum absolute atomic E-state index is 1.09.